The Morgan fingerprint density at radius 3 is 2.62 bits per heavy atom. The maximum Gasteiger partial charge on any atom is 0.267 e. The van der Waals surface area contributed by atoms with Crippen LogP contribution in [0.3, 0.4) is 0 Å². The van der Waals surface area contributed by atoms with Crippen molar-refractivity contribution in [1.29, 1.82) is 0 Å². The molecule has 4 nitrogen and oxygen atoms in total. The summed E-state index contributed by atoms with van der Waals surface area (Å²) in [4.78, 5) is 16.3. The highest BCUT2D eigenvalue weighted by Crippen LogP contribution is 2.36. The first kappa shape index (κ1) is 14.1. The Morgan fingerprint density at radius 2 is 1.95 bits per heavy atom. The Morgan fingerprint density at radius 1 is 1.24 bits per heavy atom. The predicted octanol–water partition coefficient (Wildman–Crippen LogP) is 2.47. The number of carbonyl (C=O) groups is 1. The minimum atomic E-state index is 0.0699. The van der Waals surface area contributed by atoms with Gasteiger partial charge in [-0.05, 0) is 11.6 Å². The van der Waals surface area contributed by atoms with Crippen LogP contribution < -0.4 is 10.1 Å². The zero-order valence-corrected chi connectivity index (χ0v) is 12.8. The summed E-state index contributed by atoms with van der Waals surface area (Å²) < 4.78 is 5.41. The Balaban J connectivity index is 1.91. The maximum absolute atomic E-state index is 12.7. The quantitative estimate of drug-likeness (QED) is 0.947. The van der Waals surface area contributed by atoms with Gasteiger partial charge in [0.15, 0.2) is 0 Å². The smallest absolute Gasteiger partial charge is 0.267 e. The fourth-order valence-corrected chi connectivity index (χ4v) is 3.53. The molecule has 1 saturated heterocycles. The van der Waals surface area contributed by atoms with Crippen LogP contribution in [0.1, 0.15) is 9.67 Å². The number of benzene rings is 1. The van der Waals surface area contributed by atoms with Crippen LogP contribution in [0.2, 0.25) is 0 Å². The van der Waals surface area contributed by atoms with Gasteiger partial charge >= 0.3 is 0 Å². The molecule has 1 aromatic carbocycles. The van der Waals surface area contributed by atoms with Crippen molar-refractivity contribution in [1.82, 2.24) is 10.2 Å². The third-order valence-electron chi connectivity index (χ3n) is 3.57. The van der Waals surface area contributed by atoms with E-state index in [2.05, 4.69) is 5.32 Å². The molecule has 0 atom stereocenters. The monoisotopic (exact) mass is 302 g/mol. The number of carbonyl (C=O) groups excluding carboxylic acids is 1. The zero-order chi connectivity index (χ0) is 14.7. The van der Waals surface area contributed by atoms with E-state index < -0.39 is 0 Å². The lowest BCUT2D eigenvalue weighted by Gasteiger charge is -2.27. The van der Waals surface area contributed by atoms with Gasteiger partial charge < -0.3 is 15.0 Å². The molecule has 21 heavy (non-hydrogen) atoms. The SMILES string of the molecule is COc1cc(-c2ccccc2)sc1C(=O)N1CCNCC1. The van der Waals surface area contributed by atoms with Crippen molar-refractivity contribution in [2.75, 3.05) is 33.3 Å². The Kier molecular flexibility index (Phi) is 4.22. The lowest BCUT2D eigenvalue weighted by Crippen LogP contribution is -2.46. The summed E-state index contributed by atoms with van der Waals surface area (Å²) in [5, 5.41) is 3.26. The standard InChI is InChI=1S/C16H18N2O2S/c1-20-13-11-14(12-5-3-2-4-6-12)21-15(13)16(19)18-9-7-17-8-10-18/h2-6,11,17H,7-10H2,1H3. The molecule has 0 saturated carbocycles. The molecule has 3 rings (SSSR count). The second-order valence-corrected chi connectivity index (χ2v) is 5.97. The van der Waals surface area contributed by atoms with E-state index in [1.165, 1.54) is 11.3 Å². The van der Waals surface area contributed by atoms with Crippen LogP contribution in [0.5, 0.6) is 5.75 Å². The molecule has 1 aromatic heterocycles. The van der Waals surface area contributed by atoms with E-state index in [4.69, 9.17) is 4.74 Å². The highest BCUT2D eigenvalue weighted by molar-refractivity contribution is 7.17. The molecular formula is C16H18N2O2S. The number of hydrogen-bond acceptors (Lipinski definition) is 4. The Bertz CT molecular complexity index is 618. The first-order chi connectivity index (χ1) is 10.3. The van der Waals surface area contributed by atoms with Gasteiger partial charge in [-0.15, -0.1) is 11.3 Å². The maximum atomic E-state index is 12.7. The summed E-state index contributed by atoms with van der Waals surface area (Å²) in [5.41, 5.74) is 1.11. The van der Waals surface area contributed by atoms with E-state index in [1.807, 2.05) is 41.3 Å². The minimum Gasteiger partial charge on any atom is -0.495 e. The summed E-state index contributed by atoms with van der Waals surface area (Å²) in [7, 11) is 1.62. The number of nitrogens with one attached hydrogen (secondary N) is 1. The molecule has 0 bridgehead atoms. The molecule has 1 aliphatic heterocycles. The predicted molar refractivity (Wildman–Crippen MR) is 85.1 cm³/mol. The van der Waals surface area contributed by atoms with Gasteiger partial charge in [-0.25, -0.2) is 0 Å². The van der Waals surface area contributed by atoms with Crippen molar-refractivity contribution in [3.63, 3.8) is 0 Å². The molecule has 0 unspecified atom stereocenters. The first-order valence-electron chi connectivity index (χ1n) is 7.03. The van der Waals surface area contributed by atoms with Gasteiger partial charge in [-0.3, -0.25) is 4.79 Å². The minimum absolute atomic E-state index is 0.0699. The van der Waals surface area contributed by atoms with Gasteiger partial charge in [0.25, 0.3) is 5.91 Å². The molecule has 2 aromatic rings. The van der Waals surface area contributed by atoms with Gasteiger partial charge in [-0.1, -0.05) is 30.3 Å². The highest BCUT2D eigenvalue weighted by Gasteiger charge is 2.24. The summed E-state index contributed by atoms with van der Waals surface area (Å²) in [5.74, 6) is 0.739. The largest absolute Gasteiger partial charge is 0.495 e. The van der Waals surface area contributed by atoms with Gasteiger partial charge in [0.2, 0.25) is 0 Å². The van der Waals surface area contributed by atoms with Crippen LogP contribution >= 0.6 is 11.3 Å². The van der Waals surface area contributed by atoms with Crippen molar-refractivity contribution >= 4 is 17.2 Å². The molecule has 0 spiro atoms. The van der Waals surface area contributed by atoms with Crippen LogP contribution in [-0.4, -0.2) is 44.1 Å². The Labute approximate surface area is 128 Å². The van der Waals surface area contributed by atoms with E-state index in [-0.39, 0.29) is 5.91 Å². The molecule has 5 heteroatoms. The number of rotatable bonds is 3. The number of nitrogens with zero attached hydrogens (tertiary/aromatic N) is 1. The third kappa shape index (κ3) is 2.94. The third-order valence-corrected chi connectivity index (χ3v) is 4.73. The van der Waals surface area contributed by atoms with E-state index >= 15 is 0 Å². The average molecular weight is 302 g/mol. The Hall–Kier alpha value is -1.85. The summed E-state index contributed by atoms with van der Waals surface area (Å²) in [6.07, 6.45) is 0. The lowest BCUT2D eigenvalue weighted by molar-refractivity contribution is 0.0737. The van der Waals surface area contributed by atoms with Gasteiger partial charge in [0.1, 0.15) is 10.6 Å². The number of ether oxygens (including phenoxy) is 1. The molecule has 0 radical (unpaired) electrons. The second-order valence-electron chi connectivity index (χ2n) is 4.92. The topological polar surface area (TPSA) is 41.6 Å². The number of amides is 1. The fourth-order valence-electron chi connectivity index (χ4n) is 2.43. The number of hydrogen-bond donors (Lipinski definition) is 1. The van der Waals surface area contributed by atoms with Crippen molar-refractivity contribution in [2.24, 2.45) is 0 Å². The van der Waals surface area contributed by atoms with E-state index in [9.17, 15) is 4.79 Å². The molecule has 1 amide bonds. The van der Waals surface area contributed by atoms with Crippen LogP contribution in [0.25, 0.3) is 10.4 Å². The van der Waals surface area contributed by atoms with E-state index in [1.54, 1.807) is 7.11 Å². The summed E-state index contributed by atoms with van der Waals surface area (Å²) in [6.45, 7) is 3.21. The molecule has 0 aliphatic carbocycles. The van der Waals surface area contributed by atoms with Crippen molar-refractivity contribution < 1.29 is 9.53 Å². The van der Waals surface area contributed by atoms with Gasteiger partial charge in [0.05, 0.1) is 7.11 Å². The molecule has 110 valence electrons. The summed E-state index contributed by atoms with van der Waals surface area (Å²) >= 11 is 1.50. The molecule has 1 aliphatic rings. The highest BCUT2D eigenvalue weighted by atomic mass is 32.1. The normalized spacial score (nSPS) is 15.0. The van der Waals surface area contributed by atoms with Crippen molar-refractivity contribution in [3.05, 3.63) is 41.3 Å². The molecule has 1 N–H and O–H groups in total. The van der Waals surface area contributed by atoms with Gasteiger partial charge in [-0.2, -0.15) is 0 Å². The van der Waals surface area contributed by atoms with E-state index in [0.29, 0.717) is 10.6 Å². The first-order valence-corrected chi connectivity index (χ1v) is 7.84. The fraction of sp³-hybridized carbons (Fsp3) is 0.312. The number of piperazine rings is 1. The summed E-state index contributed by atoms with van der Waals surface area (Å²) in [6, 6.07) is 12.0. The van der Waals surface area contributed by atoms with Crippen LogP contribution in [-0.2, 0) is 0 Å². The van der Waals surface area contributed by atoms with Crippen LogP contribution in [0.15, 0.2) is 36.4 Å². The molecular weight excluding hydrogens is 284 g/mol. The van der Waals surface area contributed by atoms with Crippen LogP contribution in [0.4, 0.5) is 0 Å². The van der Waals surface area contributed by atoms with Gasteiger partial charge in [0, 0.05) is 31.1 Å². The average Bonchev–Trinajstić information content (AvgIpc) is 3.00. The van der Waals surface area contributed by atoms with Crippen molar-refractivity contribution in [2.45, 2.75) is 0 Å². The second kappa shape index (κ2) is 6.28. The number of methoxy groups -OCH3 is 1. The van der Waals surface area contributed by atoms with E-state index in [0.717, 1.165) is 36.6 Å². The lowest BCUT2D eigenvalue weighted by atomic mass is 10.2. The van der Waals surface area contributed by atoms with Crippen LogP contribution in [0, 0.1) is 0 Å². The van der Waals surface area contributed by atoms with Crippen molar-refractivity contribution in [3.8, 4) is 16.2 Å². The number of thiophene rings is 1. The molecule has 1 fully saturated rings. The molecule has 2 heterocycles. The zero-order valence-electron chi connectivity index (χ0n) is 12.0.